The average Bonchev–Trinajstić information content (AvgIpc) is 3.42. The number of hydrogen-bond donors (Lipinski definition) is 0. The van der Waals surface area contributed by atoms with Crippen molar-refractivity contribution in [3.63, 3.8) is 0 Å². The van der Waals surface area contributed by atoms with Crippen molar-refractivity contribution in [2.24, 2.45) is 16.7 Å². The minimum Gasteiger partial charge on any atom is -0.445 e. The van der Waals surface area contributed by atoms with Crippen molar-refractivity contribution in [2.75, 3.05) is 26.2 Å². The summed E-state index contributed by atoms with van der Waals surface area (Å²) in [5.41, 5.74) is 2.39. The minimum absolute atomic E-state index is 0.0683. The summed E-state index contributed by atoms with van der Waals surface area (Å²) in [6.07, 6.45) is 6.64. The molecular weight excluding hydrogens is 585 g/mol. The third-order valence-electron chi connectivity index (χ3n) is 9.37. The van der Waals surface area contributed by atoms with E-state index in [2.05, 4.69) is 23.9 Å². The van der Waals surface area contributed by atoms with E-state index in [1.807, 2.05) is 58.5 Å². The van der Waals surface area contributed by atoms with E-state index in [0.717, 1.165) is 17.5 Å². The van der Waals surface area contributed by atoms with Crippen LogP contribution in [0.3, 0.4) is 0 Å². The predicted molar refractivity (Wildman–Crippen MR) is 163 cm³/mol. The molecule has 2 amide bonds. The van der Waals surface area contributed by atoms with Crippen molar-refractivity contribution in [3.8, 4) is 0 Å². The Hall–Kier alpha value is -3.62. The number of rotatable bonds is 7. The lowest BCUT2D eigenvalue weighted by molar-refractivity contribution is -0.146. The lowest BCUT2D eigenvalue weighted by Crippen LogP contribution is -2.62. The first kappa shape index (κ1) is 28.2. The van der Waals surface area contributed by atoms with Crippen molar-refractivity contribution >= 4 is 35.0 Å². The van der Waals surface area contributed by atoms with Gasteiger partial charge in [-0.05, 0) is 35.1 Å². The second-order valence-corrected chi connectivity index (χ2v) is 13.9. The summed E-state index contributed by atoms with van der Waals surface area (Å²) in [6, 6.07) is 15.6. The largest absolute Gasteiger partial charge is 0.445 e. The van der Waals surface area contributed by atoms with Crippen molar-refractivity contribution in [1.82, 2.24) is 24.6 Å². The Kier molecular flexibility index (Phi) is 6.89. The second-order valence-electron chi connectivity index (χ2n) is 13.0. The number of nitrogens with zero attached hydrogens (tertiary/aromatic N) is 5. The number of halogens is 2. The monoisotopic (exact) mass is 617 g/mol. The van der Waals surface area contributed by atoms with Gasteiger partial charge in [0, 0.05) is 50.1 Å². The Balaban J connectivity index is 1.10. The Bertz CT molecular complexity index is 1690. The Labute approximate surface area is 260 Å². The van der Waals surface area contributed by atoms with Crippen molar-refractivity contribution in [2.45, 2.75) is 39.2 Å². The van der Waals surface area contributed by atoms with Crippen LogP contribution in [0.15, 0.2) is 71.5 Å². The number of likely N-dealkylation sites (tertiary alicyclic amines) is 2. The molecule has 2 aromatic heterocycles. The fraction of sp³-hybridized carbons (Fsp3) is 0.394. The Morgan fingerprint density at radius 2 is 1.72 bits per heavy atom. The van der Waals surface area contributed by atoms with Crippen LogP contribution in [0, 0.1) is 16.7 Å². The van der Waals surface area contributed by atoms with Crippen LogP contribution in [0.4, 0.5) is 0 Å². The van der Waals surface area contributed by atoms with Gasteiger partial charge in [-0.1, -0.05) is 73.4 Å². The Morgan fingerprint density at radius 3 is 2.44 bits per heavy atom. The molecule has 10 heteroatoms. The maximum atomic E-state index is 13.8. The summed E-state index contributed by atoms with van der Waals surface area (Å²) < 4.78 is 8.11. The molecule has 43 heavy (non-hydrogen) atoms. The van der Waals surface area contributed by atoms with Gasteiger partial charge in [-0.25, -0.2) is 4.98 Å². The quantitative estimate of drug-likeness (QED) is 0.256. The van der Waals surface area contributed by atoms with E-state index in [9.17, 15) is 9.59 Å². The molecule has 1 spiro atoms. The summed E-state index contributed by atoms with van der Waals surface area (Å²) in [4.78, 5) is 35.5. The van der Waals surface area contributed by atoms with Gasteiger partial charge in [0.15, 0.2) is 5.89 Å². The van der Waals surface area contributed by atoms with Gasteiger partial charge in [-0.15, -0.1) is 0 Å². The molecule has 3 aliphatic rings. The fourth-order valence-corrected chi connectivity index (χ4v) is 7.01. The average molecular weight is 619 g/mol. The van der Waals surface area contributed by atoms with Gasteiger partial charge in [-0.2, -0.15) is 5.10 Å². The molecule has 2 aliphatic heterocycles. The summed E-state index contributed by atoms with van der Waals surface area (Å²) in [7, 11) is 0. The number of benzene rings is 2. The fourth-order valence-electron chi connectivity index (χ4n) is 6.69. The van der Waals surface area contributed by atoms with E-state index in [4.69, 9.17) is 27.6 Å². The summed E-state index contributed by atoms with van der Waals surface area (Å²) in [5, 5.41) is 5.45. The number of hydrogen-bond acceptors (Lipinski definition) is 5. The second kappa shape index (κ2) is 10.5. The lowest BCUT2D eigenvalue weighted by atomic mass is 9.71. The molecule has 7 rings (SSSR count). The number of oxazole rings is 1. The number of aromatic nitrogens is 3. The van der Waals surface area contributed by atoms with Crippen LogP contribution in [0.25, 0.3) is 0 Å². The molecule has 222 valence electrons. The van der Waals surface area contributed by atoms with E-state index >= 15 is 0 Å². The molecule has 0 N–H and O–H groups in total. The molecular formula is C33H33Cl2N5O3. The zero-order valence-electron chi connectivity index (χ0n) is 24.2. The van der Waals surface area contributed by atoms with Crippen molar-refractivity contribution < 1.29 is 14.0 Å². The lowest BCUT2D eigenvalue weighted by Gasteiger charge is -2.50. The van der Waals surface area contributed by atoms with Crippen LogP contribution in [0.5, 0.6) is 0 Å². The Morgan fingerprint density at radius 1 is 0.977 bits per heavy atom. The molecule has 0 radical (unpaired) electrons. The summed E-state index contributed by atoms with van der Waals surface area (Å²) in [6.45, 7) is 7.05. The first-order chi connectivity index (χ1) is 20.6. The number of amides is 2. The summed E-state index contributed by atoms with van der Waals surface area (Å²) >= 11 is 12.3. The molecule has 1 aliphatic carbocycles. The van der Waals surface area contributed by atoms with Crippen molar-refractivity contribution in [1.29, 1.82) is 0 Å². The van der Waals surface area contributed by atoms with Crippen LogP contribution >= 0.6 is 23.2 Å². The number of carbonyl (C=O) groups is 2. The molecule has 2 aromatic carbocycles. The molecule has 2 atom stereocenters. The molecule has 3 fully saturated rings. The molecule has 8 nitrogen and oxygen atoms in total. The van der Waals surface area contributed by atoms with Gasteiger partial charge >= 0.3 is 0 Å². The molecule has 2 saturated heterocycles. The standard InChI is InChI=1S/C33H33Cl2N5O3/c1-32(2)12-25(32)31(42)39-19-33(20-39)18-38(30(41)23-13-37-40(16-23)15-21-6-4-3-5-7-21)17-26(33)29-36-14-24(43-29)10-22-8-9-27(34)28(35)11-22/h3-9,11,13-14,16,25-26H,10,12,15,17-20H2,1-2H3/t25-,26?/m1/s1. The van der Waals surface area contributed by atoms with E-state index in [0.29, 0.717) is 66.4 Å². The van der Waals surface area contributed by atoms with Gasteiger partial charge in [0.2, 0.25) is 5.91 Å². The van der Waals surface area contributed by atoms with Crippen LogP contribution in [-0.4, -0.2) is 62.6 Å². The van der Waals surface area contributed by atoms with Gasteiger partial charge in [0.25, 0.3) is 5.91 Å². The van der Waals surface area contributed by atoms with Crippen LogP contribution in [0.2, 0.25) is 10.0 Å². The van der Waals surface area contributed by atoms with E-state index in [1.165, 1.54) is 0 Å². The first-order valence-electron chi connectivity index (χ1n) is 14.6. The molecule has 4 aromatic rings. The highest BCUT2D eigenvalue weighted by molar-refractivity contribution is 6.42. The molecule has 1 saturated carbocycles. The molecule has 4 heterocycles. The topological polar surface area (TPSA) is 84.5 Å². The van der Waals surface area contributed by atoms with Crippen LogP contribution < -0.4 is 0 Å². The molecule has 0 bridgehead atoms. The zero-order chi connectivity index (χ0) is 29.9. The highest BCUT2D eigenvalue weighted by Gasteiger charge is 2.61. The highest BCUT2D eigenvalue weighted by atomic mass is 35.5. The molecule has 1 unspecified atom stereocenters. The zero-order valence-corrected chi connectivity index (χ0v) is 25.7. The SMILES string of the molecule is CC1(C)C[C@@H]1C(=O)N1CC2(CN(C(=O)c3cnn(Cc4ccccc4)c3)CC2c2ncc(Cc3ccc(Cl)c(Cl)c3)o2)C1. The van der Waals surface area contributed by atoms with Gasteiger partial charge < -0.3 is 14.2 Å². The third kappa shape index (κ3) is 5.36. The maximum absolute atomic E-state index is 13.8. The van der Waals surface area contributed by atoms with Gasteiger partial charge in [0.05, 0.1) is 40.5 Å². The smallest absolute Gasteiger partial charge is 0.257 e. The summed E-state index contributed by atoms with van der Waals surface area (Å²) in [5.74, 6) is 1.41. The predicted octanol–water partition coefficient (Wildman–Crippen LogP) is 5.93. The highest BCUT2D eigenvalue weighted by Crippen LogP contribution is 2.55. The third-order valence-corrected chi connectivity index (χ3v) is 10.1. The van der Waals surface area contributed by atoms with Crippen LogP contribution in [0.1, 0.15) is 59.3 Å². The maximum Gasteiger partial charge on any atom is 0.257 e. The van der Waals surface area contributed by atoms with E-state index in [-0.39, 0.29) is 34.5 Å². The van der Waals surface area contributed by atoms with Gasteiger partial charge in [-0.3, -0.25) is 14.3 Å². The van der Waals surface area contributed by atoms with E-state index in [1.54, 1.807) is 23.1 Å². The van der Waals surface area contributed by atoms with Crippen molar-refractivity contribution in [3.05, 3.63) is 106 Å². The van der Waals surface area contributed by atoms with E-state index < -0.39 is 0 Å². The normalized spacial score (nSPS) is 21.7. The first-order valence-corrected chi connectivity index (χ1v) is 15.4. The number of carbonyl (C=O) groups excluding carboxylic acids is 2. The minimum atomic E-state index is -0.309. The van der Waals surface area contributed by atoms with Gasteiger partial charge in [0.1, 0.15) is 5.76 Å². The van der Waals surface area contributed by atoms with Crippen LogP contribution in [-0.2, 0) is 17.8 Å².